The Hall–Kier alpha value is -1.65. The Morgan fingerprint density at radius 3 is 2.56 bits per heavy atom. The molecule has 0 saturated carbocycles. The average molecular weight is 251 g/mol. The molecule has 0 aliphatic rings. The Kier molecular flexibility index (Phi) is 5.55. The molecule has 0 fully saturated rings. The zero-order valence-electron chi connectivity index (χ0n) is 11.3. The van der Waals surface area contributed by atoms with Crippen molar-refractivity contribution in [3.05, 3.63) is 18.5 Å². The number of unbranched alkanes of at least 4 members (excludes halogenated alkanes) is 1. The molecular formula is C13H21N3O2. The summed E-state index contributed by atoms with van der Waals surface area (Å²) < 4.78 is 5.22. The maximum absolute atomic E-state index is 11.4. The number of carbonyl (C=O) groups is 1. The average Bonchev–Trinajstić information content (AvgIpc) is 2.27. The van der Waals surface area contributed by atoms with Crippen LogP contribution in [-0.4, -0.2) is 28.1 Å². The molecule has 1 rings (SSSR count). The van der Waals surface area contributed by atoms with Gasteiger partial charge in [-0.15, -0.1) is 0 Å². The highest BCUT2D eigenvalue weighted by molar-refractivity contribution is 5.69. The molecule has 0 unspecified atom stereocenters. The monoisotopic (exact) mass is 251 g/mol. The van der Waals surface area contributed by atoms with Crippen LogP contribution in [0.4, 0.5) is 5.95 Å². The highest BCUT2D eigenvalue weighted by Gasteiger charge is 2.15. The molecule has 18 heavy (non-hydrogen) atoms. The maximum Gasteiger partial charge on any atom is 0.306 e. The van der Waals surface area contributed by atoms with Gasteiger partial charge in [-0.2, -0.15) is 0 Å². The quantitative estimate of drug-likeness (QED) is 0.621. The summed E-state index contributed by atoms with van der Waals surface area (Å²) in [6.07, 6.45) is 5.52. The topological polar surface area (TPSA) is 64.1 Å². The second-order valence-corrected chi connectivity index (χ2v) is 5.04. The molecule has 0 aliphatic heterocycles. The van der Waals surface area contributed by atoms with Crippen LogP contribution in [0, 0.1) is 0 Å². The van der Waals surface area contributed by atoms with E-state index in [0.717, 1.165) is 19.4 Å². The lowest BCUT2D eigenvalue weighted by molar-refractivity contribution is -0.154. The fraction of sp³-hybridized carbons (Fsp3) is 0.615. The molecule has 0 saturated heterocycles. The van der Waals surface area contributed by atoms with E-state index in [9.17, 15) is 4.79 Å². The van der Waals surface area contributed by atoms with E-state index in [-0.39, 0.29) is 5.97 Å². The fourth-order valence-corrected chi connectivity index (χ4v) is 1.38. The largest absolute Gasteiger partial charge is 0.460 e. The second-order valence-electron chi connectivity index (χ2n) is 5.04. The maximum atomic E-state index is 11.4. The molecule has 0 aromatic carbocycles. The third kappa shape index (κ3) is 6.83. The molecule has 0 radical (unpaired) electrons. The van der Waals surface area contributed by atoms with E-state index in [2.05, 4.69) is 15.3 Å². The molecule has 1 N–H and O–H groups in total. The smallest absolute Gasteiger partial charge is 0.306 e. The molecule has 0 amide bonds. The van der Waals surface area contributed by atoms with Crippen LogP contribution >= 0.6 is 0 Å². The molecular weight excluding hydrogens is 230 g/mol. The van der Waals surface area contributed by atoms with Gasteiger partial charge in [-0.05, 0) is 39.7 Å². The lowest BCUT2D eigenvalue weighted by Gasteiger charge is -2.19. The lowest BCUT2D eigenvalue weighted by atomic mass is 10.2. The van der Waals surface area contributed by atoms with Crippen molar-refractivity contribution < 1.29 is 9.53 Å². The van der Waals surface area contributed by atoms with Crippen molar-refractivity contribution in [3.8, 4) is 0 Å². The van der Waals surface area contributed by atoms with E-state index in [1.165, 1.54) is 0 Å². The van der Waals surface area contributed by atoms with Crippen molar-refractivity contribution in [1.82, 2.24) is 9.97 Å². The first-order valence-electron chi connectivity index (χ1n) is 6.20. The number of rotatable bonds is 6. The predicted molar refractivity (Wildman–Crippen MR) is 70.2 cm³/mol. The van der Waals surface area contributed by atoms with Crippen LogP contribution in [0.15, 0.2) is 18.5 Å². The number of anilines is 1. The van der Waals surface area contributed by atoms with Crippen molar-refractivity contribution >= 4 is 11.9 Å². The third-order valence-corrected chi connectivity index (χ3v) is 2.08. The number of carbonyl (C=O) groups excluding carboxylic acids is 1. The van der Waals surface area contributed by atoms with Gasteiger partial charge in [0.05, 0.1) is 0 Å². The number of aromatic nitrogens is 2. The van der Waals surface area contributed by atoms with Gasteiger partial charge in [0.25, 0.3) is 0 Å². The first kappa shape index (κ1) is 14.4. The highest BCUT2D eigenvalue weighted by atomic mass is 16.6. The summed E-state index contributed by atoms with van der Waals surface area (Å²) in [5.74, 6) is 0.480. The van der Waals surface area contributed by atoms with E-state index in [0.29, 0.717) is 12.4 Å². The van der Waals surface area contributed by atoms with Gasteiger partial charge in [0, 0.05) is 25.4 Å². The van der Waals surface area contributed by atoms with Gasteiger partial charge >= 0.3 is 5.97 Å². The number of hydrogen-bond donors (Lipinski definition) is 1. The minimum atomic E-state index is -0.396. The van der Waals surface area contributed by atoms with Crippen LogP contribution < -0.4 is 5.32 Å². The van der Waals surface area contributed by atoms with Gasteiger partial charge in [0.15, 0.2) is 0 Å². The Morgan fingerprint density at radius 2 is 1.94 bits per heavy atom. The van der Waals surface area contributed by atoms with Crippen molar-refractivity contribution in [3.63, 3.8) is 0 Å². The minimum absolute atomic E-state index is 0.140. The normalized spacial score (nSPS) is 11.1. The molecule has 0 bridgehead atoms. The zero-order chi connectivity index (χ0) is 13.4. The van der Waals surface area contributed by atoms with Crippen molar-refractivity contribution in [2.24, 2.45) is 0 Å². The molecule has 1 aromatic rings. The third-order valence-electron chi connectivity index (χ3n) is 2.08. The summed E-state index contributed by atoms with van der Waals surface area (Å²) in [6, 6.07) is 1.77. The van der Waals surface area contributed by atoms with Gasteiger partial charge in [0.1, 0.15) is 5.60 Å². The van der Waals surface area contributed by atoms with Crippen LogP contribution in [0.5, 0.6) is 0 Å². The number of nitrogens with one attached hydrogen (secondary N) is 1. The molecule has 5 heteroatoms. The van der Waals surface area contributed by atoms with Gasteiger partial charge in [-0.1, -0.05) is 0 Å². The van der Waals surface area contributed by atoms with E-state index < -0.39 is 5.60 Å². The van der Waals surface area contributed by atoms with Crippen molar-refractivity contribution in [2.75, 3.05) is 11.9 Å². The second kappa shape index (κ2) is 6.93. The van der Waals surface area contributed by atoms with Crippen molar-refractivity contribution in [2.45, 2.75) is 45.6 Å². The predicted octanol–water partition coefficient (Wildman–Crippen LogP) is 2.40. The summed E-state index contributed by atoms with van der Waals surface area (Å²) in [4.78, 5) is 19.5. The minimum Gasteiger partial charge on any atom is -0.460 e. The van der Waals surface area contributed by atoms with Gasteiger partial charge in [-0.25, -0.2) is 9.97 Å². The summed E-state index contributed by atoms with van der Waals surface area (Å²) in [5, 5.41) is 3.09. The molecule has 1 heterocycles. The summed E-state index contributed by atoms with van der Waals surface area (Å²) >= 11 is 0. The Balaban J connectivity index is 2.07. The van der Waals surface area contributed by atoms with E-state index in [4.69, 9.17) is 4.74 Å². The van der Waals surface area contributed by atoms with Crippen LogP contribution in [0.1, 0.15) is 40.0 Å². The summed E-state index contributed by atoms with van der Waals surface area (Å²) in [6.45, 7) is 6.38. The number of hydrogen-bond acceptors (Lipinski definition) is 5. The highest BCUT2D eigenvalue weighted by Crippen LogP contribution is 2.09. The van der Waals surface area contributed by atoms with Gasteiger partial charge in [0.2, 0.25) is 5.95 Å². The Morgan fingerprint density at radius 1 is 1.28 bits per heavy atom. The molecule has 0 aliphatic carbocycles. The Labute approximate surface area is 108 Å². The molecule has 0 atom stereocenters. The molecule has 5 nitrogen and oxygen atoms in total. The van der Waals surface area contributed by atoms with Gasteiger partial charge in [-0.3, -0.25) is 4.79 Å². The van der Waals surface area contributed by atoms with Crippen LogP contribution in [0.25, 0.3) is 0 Å². The standard InChI is InChI=1S/C13H21N3O2/c1-13(2,3)18-11(17)7-4-5-8-14-12-15-9-6-10-16-12/h6,9-10H,4-5,7-8H2,1-3H3,(H,14,15,16). The lowest BCUT2D eigenvalue weighted by Crippen LogP contribution is -2.23. The van der Waals surface area contributed by atoms with E-state index in [1.807, 2.05) is 20.8 Å². The fourth-order valence-electron chi connectivity index (χ4n) is 1.38. The zero-order valence-corrected chi connectivity index (χ0v) is 11.3. The van der Waals surface area contributed by atoms with Gasteiger partial charge < -0.3 is 10.1 Å². The van der Waals surface area contributed by atoms with Crippen LogP contribution in [-0.2, 0) is 9.53 Å². The van der Waals surface area contributed by atoms with Crippen molar-refractivity contribution in [1.29, 1.82) is 0 Å². The SMILES string of the molecule is CC(C)(C)OC(=O)CCCCNc1ncccn1. The molecule has 1 aromatic heterocycles. The van der Waals surface area contributed by atoms with E-state index in [1.54, 1.807) is 18.5 Å². The van der Waals surface area contributed by atoms with Crippen LogP contribution in [0.2, 0.25) is 0 Å². The number of ether oxygens (including phenoxy) is 1. The number of esters is 1. The molecule has 100 valence electrons. The van der Waals surface area contributed by atoms with Crippen LogP contribution in [0.3, 0.4) is 0 Å². The molecule has 0 spiro atoms. The first-order valence-corrected chi connectivity index (χ1v) is 6.20. The summed E-state index contributed by atoms with van der Waals surface area (Å²) in [5.41, 5.74) is -0.396. The van der Waals surface area contributed by atoms with E-state index >= 15 is 0 Å². The summed E-state index contributed by atoms with van der Waals surface area (Å²) in [7, 11) is 0. The Bertz CT molecular complexity index is 360. The number of nitrogens with zero attached hydrogens (tertiary/aromatic N) is 2. The first-order chi connectivity index (χ1) is 8.47.